The van der Waals surface area contributed by atoms with E-state index in [9.17, 15) is 4.79 Å². The van der Waals surface area contributed by atoms with E-state index in [0.29, 0.717) is 6.61 Å². The van der Waals surface area contributed by atoms with Gasteiger partial charge in [-0.05, 0) is 30.2 Å². The molecule has 0 N–H and O–H groups in total. The Kier molecular flexibility index (Phi) is 5.08. The van der Waals surface area contributed by atoms with Gasteiger partial charge in [-0.15, -0.1) is 11.3 Å². The van der Waals surface area contributed by atoms with Crippen molar-refractivity contribution in [2.75, 3.05) is 32.7 Å². The average molecular weight is 405 g/mol. The van der Waals surface area contributed by atoms with Gasteiger partial charge in [-0.3, -0.25) is 9.69 Å². The molecule has 3 aromatic rings. The van der Waals surface area contributed by atoms with E-state index in [1.165, 1.54) is 10.4 Å². The SMILES string of the molecule is O=C(c1cc2c(s1)-c1ccccc1OC2)N1CCN(CCc2ccccc2)CC1. The monoisotopic (exact) mass is 404 g/mol. The summed E-state index contributed by atoms with van der Waals surface area (Å²) in [5.41, 5.74) is 3.60. The van der Waals surface area contributed by atoms with Crippen LogP contribution in [0, 0.1) is 0 Å². The first kappa shape index (κ1) is 18.4. The molecule has 1 fully saturated rings. The van der Waals surface area contributed by atoms with E-state index in [2.05, 4.69) is 41.3 Å². The summed E-state index contributed by atoms with van der Waals surface area (Å²) in [5.74, 6) is 1.07. The number of thiophene rings is 1. The number of nitrogens with zero attached hydrogens (tertiary/aromatic N) is 2. The predicted octanol–water partition coefficient (Wildman–Crippen LogP) is 4.31. The summed E-state index contributed by atoms with van der Waals surface area (Å²) >= 11 is 1.60. The van der Waals surface area contributed by atoms with Gasteiger partial charge >= 0.3 is 0 Å². The Hall–Kier alpha value is -2.63. The molecule has 0 radical (unpaired) electrons. The smallest absolute Gasteiger partial charge is 0.264 e. The van der Waals surface area contributed by atoms with Crippen LogP contribution in [0.1, 0.15) is 20.8 Å². The molecule has 2 aliphatic heterocycles. The molecule has 2 aromatic carbocycles. The molecule has 0 saturated carbocycles. The lowest BCUT2D eigenvalue weighted by Crippen LogP contribution is -2.49. The molecule has 5 heteroatoms. The van der Waals surface area contributed by atoms with Gasteiger partial charge in [0.05, 0.1) is 4.88 Å². The first-order valence-electron chi connectivity index (χ1n) is 10.2. The second-order valence-electron chi connectivity index (χ2n) is 7.62. The zero-order valence-electron chi connectivity index (χ0n) is 16.3. The van der Waals surface area contributed by atoms with Crippen LogP contribution >= 0.6 is 11.3 Å². The number of hydrogen-bond acceptors (Lipinski definition) is 4. The lowest BCUT2D eigenvalue weighted by Gasteiger charge is -2.34. The second-order valence-corrected chi connectivity index (χ2v) is 8.67. The summed E-state index contributed by atoms with van der Waals surface area (Å²) in [5, 5.41) is 0. The third-order valence-corrected chi connectivity index (χ3v) is 6.95. The number of rotatable bonds is 4. The molecule has 1 aromatic heterocycles. The third kappa shape index (κ3) is 3.80. The topological polar surface area (TPSA) is 32.8 Å². The van der Waals surface area contributed by atoms with E-state index in [1.807, 2.05) is 29.2 Å². The first-order valence-corrected chi connectivity index (χ1v) is 11.0. The number of carbonyl (C=O) groups is 1. The molecule has 1 amide bonds. The molecule has 4 nitrogen and oxygen atoms in total. The molecule has 3 heterocycles. The molecule has 29 heavy (non-hydrogen) atoms. The minimum absolute atomic E-state index is 0.157. The fourth-order valence-electron chi connectivity index (χ4n) is 4.07. The minimum atomic E-state index is 0.157. The molecule has 148 valence electrons. The van der Waals surface area contributed by atoms with E-state index in [-0.39, 0.29) is 5.91 Å². The standard InChI is InChI=1S/C24H24N2O2S/c27-24(22-16-19-17-28-21-9-5-4-8-20(21)23(19)29-22)26-14-12-25(13-15-26)11-10-18-6-2-1-3-7-18/h1-9,16H,10-15,17H2. The van der Waals surface area contributed by atoms with Gasteiger partial charge in [0.1, 0.15) is 12.4 Å². The van der Waals surface area contributed by atoms with Gasteiger partial charge in [0.2, 0.25) is 0 Å². The summed E-state index contributed by atoms with van der Waals surface area (Å²) in [6.07, 6.45) is 1.06. The normalized spacial score (nSPS) is 16.1. The zero-order chi connectivity index (χ0) is 19.6. The predicted molar refractivity (Wildman–Crippen MR) is 117 cm³/mol. The van der Waals surface area contributed by atoms with Crippen LogP contribution in [0.5, 0.6) is 5.75 Å². The van der Waals surface area contributed by atoms with E-state index < -0.39 is 0 Å². The van der Waals surface area contributed by atoms with Crippen molar-refractivity contribution in [1.29, 1.82) is 0 Å². The van der Waals surface area contributed by atoms with Crippen molar-refractivity contribution >= 4 is 17.2 Å². The van der Waals surface area contributed by atoms with Crippen molar-refractivity contribution in [3.8, 4) is 16.2 Å². The summed E-state index contributed by atoms with van der Waals surface area (Å²) in [6.45, 7) is 5.06. The van der Waals surface area contributed by atoms with Gasteiger partial charge in [0.15, 0.2) is 0 Å². The van der Waals surface area contributed by atoms with Crippen molar-refractivity contribution in [1.82, 2.24) is 9.80 Å². The molecular weight excluding hydrogens is 380 g/mol. The summed E-state index contributed by atoms with van der Waals surface area (Å²) in [7, 11) is 0. The van der Waals surface area contributed by atoms with Crippen LogP contribution in [-0.2, 0) is 13.0 Å². The molecule has 0 bridgehead atoms. The maximum Gasteiger partial charge on any atom is 0.264 e. The molecule has 1 saturated heterocycles. The van der Waals surface area contributed by atoms with Gasteiger partial charge in [0.25, 0.3) is 5.91 Å². The highest BCUT2D eigenvalue weighted by Gasteiger charge is 2.27. The highest BCUT2D eigenvalue weighted by Crippen LogP contribution is 2.42. The van der Waals surface area contributed by atoms with Crippen LogP contribution in [0.25, 0.3) is 10.4 Å². The van der Waals surface area contributed by atoms with E-state index in [4.69, 9.17) is 4.74 Å². The minimum Gasteiger partial charge on any atom is -0.488 e. The van der Waals surface area contributed by atoms with E-state index >= 15 is 0 Å². The van der Waals surface area contributed by atoms with Gasteiger partial charge < -0.3 is 9.64 Å². The Bertz CT molecular complexity index is 1010. The summed E-state index contributed by atoms with van der Waals surface area (Å²) in [4.78, 5) is 19.6. The molecule has 2 aliphatic rings. The zero-order valence-corrected chi connectivity index (χ0v) is 17.2. The molecular formula is C24H24N2O2S. The van der Waals surface area contributed by atoms with Crippen molar-refractivity contribution in [3.63, 3.8) is 0 Å². The fourth-order valence-corrected chi connectivity index (χ4v) is 5.23. The lowest BCUT2D eigenvalue weighted by atomic mass is 10.1. The quantitative estimate of drug-likeness (QED) is 0.650. The fraction of sp³-hybridized carbons (Fsp3) is 0.292. The van der Waals surface area contributed by atoms with Crippen molar-refractivity contribution in [2.24, 2.45) is 0 Å². The van der Waals surface area contributed by atoms with Crippen LogP contribution in [0.3, 0.4) is 0 Å². The van der Waals surface area contributed by atoms with Crippen molar-refractivity contribution in [3.05, 3.63) is 76.7 Å². The first-order chi connectivity index (χ1) is 14.3. The van der Waals surface area contributed by atoms with Gasteiger partial charge in [-0.2, -0.15) is 0 Å². The number of ether oxygens (including phenoxy) is 1. The van der Waals surface area contributed by atoms with Crippen LogP contribution in [0.15, 0.2) is 60.7 Å². The lowest BCUT2D eigenvalue weighted by molar-refractivity contribution is 0.0643. The summed E-state index contributed by atoms with van der Waals surface area (Å²) in [6, 6.07) is 20.7. The maximum atomic E-state index is 13.1. The molecule has 0 aliphatic carbocycles. The molecule has 0 unspecified atom stereocenters. The van der Waals surface area contributed by atoms with Crippen LogP contribution in [0.4, 0.5) is 0 Å². The second kappa shape index (κ2) is 8.01. The Morgan fingerprint density at radius 3 is 2.55 bits per heavy atom. The number of benzene rings is 2. The van der Waals surface area contributed by atoms with Crippen LogP contribution in [-0.4, -0.2) is 48.4 Å². The van der Waals surface area contributed by atoms with Gasteiger partial charge in [0, 0.05) is 48.7 Å². The molecule has 0 spiro atoms. The van der Waals surface area contributed by atoms with Crippen molar-refractivity contribution in [2.45, 2.75) is 13.0 Å². The van der Waals surface area contributed by atoms with E-state index in [0.717, 1.165) is 60.9 Å². The van der Waals surface area contributed by atoms with Crippen molar-refractivity contribution < 1.29 is 9.53 Å². The Morgan fingerprint density at radius 2 is 1.72 bits per heavy atom. The van der Waals surface area contributed by atoms with Crippen LogP contribution < -0.4 is 4.74 Å². The number of hydrogen-bond donors (Lipinski definition) is 0. The molecule has 5 rings (SSSR count). The summed E-state index contributed by atoms with van der Waals surface area (Å²) < 4.78 is 5.84. The number of fused-ring (bicyclic) bond motifs is 3. The number of carbonyl (C=O) groups excluding carboxylic acids is 1. The number of amides is 1. The van der Waals surface area contributed by atoms with E-state index in [1.54, 1.807) is 11.3 Å². The maximum absolute atomic E-state index is 13.1. The Morgan fingerprint density at radius 1 is 0.966 bits per heavy atom. The van der Waals surface area contributed by atoms with Gasteiger partial charge in [-0.1, -0.05) is 42.5 Å². The third-order valence-electron chi connectivity index (χ3n) is 5.75. The Balaban J connectivity index is 1.21. The highest BCUT2D eigenvalue weighted by molar-refractivity contribution is 7.17. The largest absolute Gasteiger partial charge is 0.488 e. The number of piperazine rings is 1. The molecule has 0 atom stereocenters. The highest BCUT2D eigenvalue weighted by atomic mass is 32.1. The number of para-hydroxylation sites is 1. The van der Waals surface area contributed by atoms with Crippen LogP contribution in [0.2, 0.25) is 0 Å². The van der Waals surface area contributed by atoms with Gasteiger partial charge in [-0.25, -0.2) is 0 Å². The average Bonchev–Trinajstić information content (AvgIpc) is 3.23. The Labute approximate surface area is 175 Å².